The molecule has 1 aromatic carbocycles. The molecule has 100 valence electrons. The van der Waals surface area contributed by atoms with Gasteiger partial charge < -0.3 is 14.6 Å². The highest BCUT2D eigenvalue weighted by atomic mass is 35.5. The van der Waals surface area contributed by atoms with Gasteiger partial charge in [0.1, 0.15) is 5.69 Å². The molecule has 0 unspecified atom stereocenters. The predicted octanol–water partition coefficient (Wildman–Crippen LogP) is 2.64. The van der Waals surface area contributed by atoms with Crippen LogP contribution in [-0.4, -0.2) is 25.4 Å². The highest BCUT2D eigenvalue weighted by Gasteiger charge is 2.26. The Labute approximate surface area is 116 Å². The second-order valence-corrected chi connectivity index (χ2v) is 5.02. The van der Waals surface area contributed by atoms with Crippen molar-refractivity contribution in [3.63, 3.8) is 0 Å². The number of hydrogen-bond acceptors (Lipinski definition) is 4. The summed E-state index contributed by atoms with van der Waals surface area (Å²) in [7, 11) is 1.69. The smallest absolute Gasteiger partial charge is 0.170 e. The molecule has 3 rings (SSSR count). The second-order valence-electron chi connectivity index (χ2n) is 4.58. The Morgan fingerprint density at radius 1 is 1.47 bits per heavy atom. The molecule has 1 aromatic heterocycles. The topological polar surface area (TPSA) is 47.3 Å². The first-order chi connectivity index (χ1) is 9.29. The van der Waals surface area contributed by atoms with Gasteiger partial charge in [0.2, 0.25) is 0 Å². The van der Waals surface area contributed by atoms with Crippen molar-refractivity contribution in [2.45, 2.75) is 13.0 Å². The van der Waals surface area contributed by atoms with Gasteiger partial charge in [-0.1, -0.05) is 16.8 Å². The van der Waals surface area contributed by atoms with Crippen LogP contribution in [0.5, 0.6) is 0 Å². The molecule has 19 heavy (non-hydrogen) atoms. The summed E-state index contributed by atoms with van der Waals surface area (Å²) >= 11 is 6.02. The van der Waals surface area contributed by atoms with Crippen molar-refractivity contribution in [2.24, 2.45) is 0 Å². The Morgan fingerprint density at radius 2 is 2.37 bits per heavy atom. The van der Waals surface area contributed by atoms with Crippen molar-refractivity contribution < 1.29 is 9.26 Å². The molecule has 0 fully saturated rings. The van der Waals surface area contributed by atoms with Gasteiger partial charge in [-0.25, -0.2) is 0 Å². The van der Waals surface area contributed by atoms with Crippen molar-refractivity contribution in [1.29, 1.82) is 0 Å². The molecule has 0 saturated carbocycles. The van der Waals surface area contributed by atoms with Crippen LogP contribution in [-0.2, 0) is 17.7 Å². The average molecular weight is 279 g/mol. The van der Waals surface area contributed by atoms with E-state index >= 15 is 0 Å². The predicted molar refractivity (Wildman–Crippen MR) is 73.3 cm³/mol. The molecule has 1 aliphatic carbocycles. The third-order valence-electron chi connectivity index (χ3n) is 3.32. The Kier molecular flexibility index (Phi) is 3.55. The number of halogens is 1. The van der Waals surface area contributed by atoms with Crippen molar-refractivity contribution in [3.8, 4) is 11.3 Å². The van der Waals surface area contributed by atoms with Gasteiger partial charge in [-0.3, -0.25) is 0 Å². The van der Waals surface area contributed by atoms with E-state index in [1.54, 1.807) is 7.11 Å². The standard InChI is InChI=1S/C14H15ClN2O2/c1-18-5-4-16-8-13-12-7-9-6-10(15)2-3-11(9)14(12)19-17-13/h2-3,6,16H,4-5,7-8H2,1H3. The number of aromatic nitrogens is 1. The summed E-state index contributed by atoms with van der Waals surface area (Å²) in [5, 5.41) is 8.19. The molecule has 0 amide bonds. The number of ether oxygens (including phenoxy) is 1. The maximum absolute atomic E-state index is 6.02. The first-order valence-corrected chi connectivity index (χ1v) is 6.63. The van der Waals surface area contributed by atoms with Gasteiger partial charge >= 0.3 is 0 Å². The summed E-state index contributed by atoms with van der Waals surface area (Å²) in [6.45, 7) is 2.19. The summed E-state index contributed by atoms with van der Waals surface area (Å²) in [6.07, 6.45) is 0.843. The lowest BCUT2D eigenvalue weighted by molar-refractivity contribution is 0.199. The van der Waals surface area contributed by atoms with Crippen LogP contribution in [0.25, 0.3) is 11.3 Å². The average Bonchev–Trinajstić information content (AvgIpc) is 2.93. The lowest BCUT2D eigenvalue weighted by atomic mass is 10.1. The van der Waals surface area contributed by atoms with Gasteiger partial charge in [-0.15, -0.1) is 0 Å². The van der Waals surface area contributed by atoms with Gasteiger partial charge in [0, 0.05) is 42.8 Å². The van der Waals surface area contributed by atoms with Gasteiger partial charge in [0.15, 0.2) is 5.76 Å². The second kappa shape index (κ2) is 5.33. The minimum absolute atomic E-state index is 0.690. The highest BCUT2D eigenvalue weighted by molar-refractivity contribution is 6.30. The zero-order valence-corrected chi connectivity index (χ0v) is 11.5. The molecule has 1 N–H and O–H groups in total. The number of nitrogens with zero attached hydrogens (tertiary/aromatic N) is 1. The lowest BCUT2D eigenvalue weighted by Gasteiger charge is -2.02. The van der Waals surface area contributed by atoms with E-state index in [1.165, 1.54) is 11.1 Å². The maximum atomic E-state index is 6.02. The largest absolute Gasteiger partial charge is 0.383 e. The monoisotopic (exact) mass is 278 g/mol. The van der Waals surface area contributed by atoms with Crippen LogP contribution in [0.2, 0.25) is 5.02 Å². The number of benzene rings is 1. The quantitative estimate of drug-likeness (QED) is 0.729. The van der Waals surface area contributed by atoms with Gasteiger partial charge in [0.05, 0.1) is 6.61 Å². The Hall–Kier alpha value is -1.36. The van der Waals surface area contributed by atoms with E-state index in [-0.39, 0.29) is 0 Å². The van der Waals surface area contributed by atoms with E-state index in [4.69, 9.17) is 20.9 Å². The fourth-order valence-electron chi connectivity index (χ4n) is 2.38. The molecule has 0 saturated heterocycles. The van der Waals surface area contributed by atoms with Crippen LogP contribution in [0.1, 0.15) is 16.8 Å². The van der Waals surface area contributed by atoms with Crippen molar-refractivity contribution >= 4 is 11.6 Å². The molecule has 1 heterocycles. The molecular weight excluding hydrogens is 264 g/mol. The van der Waals surface area contributed by atoms with Crippen LogP contribution in [0.3, 0.4) is 0 Å². The maximum Gasteiger partial charge on any atom is 0.170 e. The van der Waals surface area contributed by atoms with Crippen LogP contribution in [0.4, 0.5) is 0 Å². The van der Waals surface area contributed by atoms with E-state index in [2.05, 4.69) is 10.5 Å². The highest BCUT2D eigenvalue weighted by Crippen LogP contribution is 2.39. The number of nitrogens with one attached hydrogen (secondary N) is 1. The van der Waals surface area contributed by atoms with Crippen LogP contribution in [0, 0.1) is 0 Å². The van der Waals surface area contributed by atoms with Crippen molar-refractivity contribution in [2.75, 3.05) is 20.3 Å². The van der Waals surface area contributed by atoms with Crippen LogP contribution in [0.15, 0.2) is 22.7 Å². The summed E-state index contributed by atoms with van der Waals surface area (Å²) < 4.78 is 10.5. The zero-order chi connectivity index (χ0) is 13.2. The molecule has 5 heteroatoms. The van der Waals surface area contributed by atoms with Gasteiger partial charge in [-0.2, -0.15) is 0 Å². The number of hydrogen-bond donors (Lipinski definition) is 1. The van der Waals surface area contributed by atoms with Crippen molar-refractivity contribution in [1.82, 2.24) is 10.5 Å². The minimum atomic E-state index is 0.690. The Bertz CT molecular complexity index is 595. The number of rotatable bonds is 5. The minimum Gasteiger partial charge on any atom is -0.383 e. The summed E-state index contributed by atoms with van der Waals surface area (Å²) in [5.41, 5.74) is 4.46. The molecule has 1 aliphatic rings. The molecule has 0 bridgehead atoms. The lowest BCUT2D eigenvalue weighted by Crippen LogP contribution is -2.19. The summed E-state index contributed by atoms with van der Waals surface area (Å²) in [5.74, 6) is 0.884. The van der Waals surface area contributed by atoms with E-state index in [0.717, 1.165) is 35.0 Å². The van der Waals surface area contributed by atoms with Crippen LogP contribution < -0.4 is 5.32 Å². The third-order valence-corrected chi connectivity index (χ3v) is 3.56. The Balaban J connectivity index is 1.77. The van der Waals surface area contributed by atoms with Gasteiger partial charge in [-0.05, 0) is 23.8 Å². The summed E-state index contributed by atoms with van der Waals surface area (Å²) in [4.78, 5) is 0. The number of fused-ring (bicyclic) bond motifs is 3. The zero-order valence-electron chi connectivity index (χ0n) is 10.7. The molecule has 0 aliphatic heterocycles. The van der Waals surface area contributed by atoms with E-state index in [0.29, 0.717) is 13.2 Å². The first-order valence-electron chi connectivity index (χ1n) is 6.25. The summed E-state index contributed by atoms with van der Waals surface area (Å²) in [6, 6.07) is 5.87. The Morgan fingerprint density at radius 3 is 3.21 bits per heavy atom. The van der Waals surface area contributed by atoms with E-state index < -0.39 is 0 Å². The van der Waals surface area contributed by atoms with Gasteiger partial charge in [0.25, 0.3) is 0 Å². The van der Waals surface area contributed by atoms with Crippen LogP contribution >= 0.6 is 11.6 Å². The van der Waals surface area contributed by atoms with E-state index in [1.807, 2.05) is 18.2 Å². The fraction of sp³-hybridized carbons (Fsp3) is 0.357. The third kappa shape index (κ3) is 2.39. The fourth-order valence-corrected chi connectivity index (χ4v) is 2.57. The molecule has 2 aromatic rings. The number of methoxy groups -OCH3 is 1. The molecule has 4 nitrogen and oxygen atoms in total. The van der Waals surface area contributed by atoms with Crippen molar-refractivity contribution in [3.05, 3.63) is 40.0 Å². The molecule has 0 atom stereocenters. The molecule has 0 radical (unpaired) electrons. The normalized spacial score (nSPS) is 12.5. The molecular formula is C14H15ClN2O2. The molecule has 0 spiro atoms. The van der Waals surface area contributed by atoms with E-state index in [9.17, 15) is 0 Å². The first kappa shape index (κ1) is 12.7. The SMILES string of the molecule is COCCNCc1noc2c1Cc1cc(Cl)ccc1-2.